The van der Waals surface area contributed by atoms with Gasteiger partial charge >= 0.3 is 5.97 Å². The number of aliphatic carboxylic acids is 1. The van der Waals surface area contributed by atoms with Crippen LogP contribution in [0.2, 0.25) is 0 Å². The largest absolute Gasteiger partial charge is 0.478 e. The Morgan fingerprint density at radius 3 is 2.59 bits per heavy atom. The summed E-state index contributed by atoms with van der Waals surface area (Å²) in [5, 5.41) is 9.63. The molecule has 4 nitrogen and oxygen atoms in total. The number of carboxylic acids is 1. The monoisotopic (exact) mass is 295 g/mol. The van der Waals surface area contributed by atoms with Crippen LogP contribution in [0.15, 0.2) is 65.0 Å². The number of rotatable bonds is 2. The lowest BCUT2D eigenvalue weighted by Gasteiger charge is -2.33. The van der Waals surface area contributed by atoms with Crippen molar-refractivity contribution in [1.82, 2.24) is 0 Å². The third-order valence-corrected chi connectivity index (χ3v) is 4.16. The normalized spacial score (nSPS) is 21.3. The number of carboxylic acid groups (broad SMARTS) is 1. The maximum atomic E-state index is 12.0. The van der Waals surface area contributed by atoms with Gasteiger partial charge in [0, 0.05) is 29.9 Å². The molecule has 0 spiro atoms. The molecule has 1 heterocycles. The summed E-state index contributed by atoms with van der Waals surface area (Å²) in [6.45, 7) is 3.61. The fourth-order valence-corrected chi connectivity index (χ4v) is 2.95. The molecule has 0 bridgehead atoms. The highest BCUT2D eigenvalue weighted by molar-refractivity contribution is 6.00. The number of anilines is 1. The molecule has 2 aliphatic rings. The number of nitrogens with zero attached hydrogens (tertiary/aromatic N) is 1. The summed E-state index contributed by atoms with van der Waals surface area (Å²) in [6, 6.07) is 9.56. The number of allylic oxidation sites excluding steroid dienone is 3. The first-order valence-electron chi connectivity index (χ1n) is 7.23. The molecule has 3 rings (SSSR count). The van der Waals surface area contributed by atoms with Crippen molar-refractivity contribution in [1.29, 1.82) is 0 Å². The lowest BCUT2D eigenvalue weighted by atomic mass is 9.81. The summed E-state index contributed by atoms with van der Waals surface area (Å²) >= 11 is 0. The van der Waals surface area contributed by atoms with Crippen molar-refractivity contribution in [3.05, 3.63) is 65.0 Å². The Kier molecular flexibility index (Phi) is 3.45. The molecule has 0 saturated heterocycles. The molecule has 1 aliphatic carbocycles. The molecular formula is C18H17NO3. The van der Waals surface area contributed by atoms with Gasteiger partial charge in [-0.15, -0.1) is 0 Å². The van der Waals surface area contributed by atoms with E-state index in [2.05, 4.69) is 0 Å². The van der Waals surface area contributed by atoms with E-state index >= 15 is 0 Å². The molecule has 1 unspecified atom stereocenters. The highest BCUT2D eigenvalue weighted by atomic mass is 16.4. The fraction of sp³-hybridized carbons (Fsp3) is 0.222. The Hall–Kier alpha value is -2.62. The van der Waals surface area contributed by atoms with Crippen LogP contribution in [0.4, 0.5) is 5.69 Å². The van der Waals surface area contributed by atoms with Crippen molar-refractivity contribution in [3.8, 4) is 0 Å². The number of para-hydroxylation sites is 1. The van der Waals surface area contributed by atoms with Gasteiger partial charge in [0.1, 0.15) is 5.78 Å². The van der Waals surface area contributed by atoms with Gasteiger partial charge in [0.25, 0.3) is 0 Å². The Morgan fingerprint density at radius 1 is 1.27 bits per heavy atom. The predicted molar refractivity (Wildman–Crippen MR) is 84.2 cm³/mol. The van der Waals surface area contributed by atoms with Gasteiger partial charge in [0.05, 0.1) is 5.57 Å². The van der Waals surface area contributed by atoms with Crippen LogP contribution in [0.1, 0.15) is 20.3 Å². The summed E-state index contributed by atoms with van der Waals surface area (Å²) in [6.07, 6.45) is 3.93. The van der Waals surface area contributed by atoms with E-state index in [9.17, 15) is 14.7 Å². The van der Waals surface area contributed by atoms with Gasteiger partial charge in [-0.25, -0.2) is 4.79 Å². The lowest BCUT2D eigenvalue weighted by Crippen LogP contribution is -2.29. The van der Waals surface area contributed by atoms with E-state index in [1.54, 1.807) is 13.0 Å². The topological polar surface area (TPSA) is 57.6 Å². The van der Waals surface area contributed by atoms with E-state index in [1.807, 2.05) is 48.4 Å². The Labute approximate surface area is 129 Å². The van der Waals surface area contributed by atoms with Crippen LogP contribution < -0.4 is 4.90 Å². The second kappa shape index (κ2) is 5.30. The Bertz CT molecular complexity index is 741. The molecule has 0 aromatic heterocycles. The first-order valence-corrected chi connectivity index (χ1v) is 7.23. The summed E-state index contributed by atoms with van der Waals surface area (Å²) in [4.78, 5) is 25.6. The van der Waals surface area contributed by atoms with Crippen LogP contribution in [-0.4, -0.2) is 16.9 Å². The predicted octanol–water partition coefficient (Wildman–Crippen LogP) is 3.28. The van der Waals surface area contributed by atoms with Gasteiger partial charge in [-0.3, -0.25) is 4.79 Å². The number of benzene rings is 1. The number of hydrogen-bond acceptors (Lipinski definition) is 3. The van der Waals surface area contributed by atoms with Crippen molar-refractivity contribution in [2.75, 3.05) is 4.90 Å². The van der Waals surface area contributed by atoms with Gasteiger partial charge in [-0.1, -0.05) is 31.2 Å². The van der Waals surface area contributed by atoms with E-state index in [0.29, 0.717) is 11.3 Å². The molecule has 0 saturated carbocycles. The minimum Gasteiger partial charge on any atom is -0.478 e. The summed E-state index contributed by atoms with van der Waals surface area (Å²) in [5.41, 5.74) is 3.28. The highest BCUT2D eigenvalue weighted by Crippen LogP contribution is 2.38. The molecule has 112 valence electrons. The third kappa shape index (κ3) is 2.26. The molecule has 1 N–H and O–H groups in total. The zero-order valence-corrected chi connectivity index (χ0v) is 12.5. The average molecular weight is 295 g/mol. The van der Waals surface area contributed by atoms with E-state index < -0.39 is 5.97 Å². The maximum absolute atomic E-state index is 12.0. The summed E-state index contributed by atoms with van der Waals surface area (Å²) in [7, 11) is 0. The zero-order chi connectivity index (χ0) is 15.9. The average Bonchev–Trinajstić information content (AvgIpc) is 2.49. The van der Waals surface area contributed by atoms with E-state index in [0.717, 1.165) is 11.3 Å². The maximum Gasteiger partial charge on any atom is 0.338 e. The van der Waals surface area contributed by atoms with Crippen LogP contribution in [0.25, 0.3) is 0 Å². The Morgan fingerprint density at radius 2 is 1.95 bits per heavy atom. The van der Waals surface area contributed by atoms with Gasteiger partial charge in [-0.05, 0) is 30.2 Å². The van der Waals surface area contributed by atoms with Crippen LogP contribution in [-0.2, 0) is 9.59 Å². The van der Waals surface area contributed by atoms with E-state index in [4.69, 9.17) is 0 Å². The first kappa shape index (κ1) is 14.3. The van der Waals surface area contributed by atoms with Gasteiger partial charge in [0.2, 0.25) is 0 Å². The third-order valence-electron chi connectivity index (χ3n) is 4.16. The number of carbonyl (C=O) groups excluding carboxylic acids is 1. The summed E-state index contributed by atoms with van der Waals surface area (Å²) in [5.74, 6) is -1.08. The molecule has 0 amide bonds. The van der Waals surface area contributed by atoms with Crippen LogP contribution in [0, 0.1) is 5.92 Å². The van der Waals surface area contributed by atoms with Crippen LogP contribution in [0.3, 0.4) is 0 Å². The Balaban J connectivity index is 2.18. The fourth-order valence-electron chi connectivity index (χ4n) is 2.95. The highest BCUT2D eigenvalue weighted by Gasteiger charge is 2.32. The van der Waals surface area contributed by atoms with Gasteiger partial charge in [0.15, 0.2) is 0 Å². The van der Waals surface area contributed by atoms with E-state index in [-0.39, 0.29) is 23.7 Å². The van der Waals surface area contributed by atoms with E-state index in [1.165, 1.54) is 0 Å². The molecule has 0 fully saturated rings. The molecule has 1 atom stereocenters. The minimum atomic E-state index is -0.961. The SMILES string of the molecule is CC1=C(C(=O)O)C2=CC(C)C(=O)CC2=CN1c1ccccc1. The molecular weight excluding hydrogens is 278 g/mol. The van der Waals surface area contributed by atoms with Crippen LogP contribution >= 0.6 is 0 Å². The second-order valence-corrected chi connectivity index (χ2v) is 5.64. The number of ketones is 1. The minimum absolute atomic E-state index is 0.118. The number of carbonyl (C=O) groups is 2. The molecule has 0 radical (unpaired) electrons. The number of fused-ring (bicyclic) bond motifs is 1. The summed E-state index contributed by atoms with van der Waals surface area (Å²) < 4.78 is 0. The molecule has 1 aliphatic heterocycles. The van der Waals surface area contributed by atoms with Crippen molar-refractivity contribution < 1.29 is 14.7 Å². The number of Topliss-reactive ketones (excluding diaryl/α,β-unsaturated/α-hetero) is 1. The molecule has 1 aromatic carbocycles. The standard InChI is InChI=1S/C18H17NO3/c1-11-8-15-13(9-16(11)20)10-19(12(2)17(15)18(21)22)14-6-4-3-5-7-14/h3-8,10-11H,9H2,1-2H3,(H,21,22). The molecule has 4 heteroatoms. The second-order valence-electron chi connectivity index (χ2n) is 5.64. The van der Waals surface area contributed by atoms with Crippen molar-refractivity contribution in [2.24, 2.45) is 5.92 Å². The lowest BCUT2D eigenvalue weighted by molar-refractivity contribution is -0.132. The van der Waals surface area contributed by atoms with Crippen LogP contribution in [0.5, 0.6) is 0 Å². The van der Waals surface area contributed by atoms with Crippen molar-refractivity contribution >= 4 is 17.4 Å². The van der Waals surface area contributed by atoms with Gasteiger partial charge < -0.3 is 10.0 Å². The van der Waals surface area contributed by atoms with Crippen molar-refractivity contribution in [2.45, 2.75) is 20.3 Å². The molecule has 22 heavy (non-hydrogen) atoms. The van der Waals surface area contributed by atoms with Gasteiger partial charge in [-0.2, -0.15) is 0 Å². The van der Waals surface area contributed by atoms with Crippen molar-refractivity contribution in [3.63, 3.8) is 0 Å². The first-order chi connectivity index (χ1) is 10.5. The quantitative estimate of drug-likeness (QED) is 0.909. The molecule has 1 aromatic rings. The number of hydrogen-bond donors (Lipinski definition) is 1. The zero-order valence-electron chi connectivity index (χ0n) is 12.5. The smallest absolute Gasteiger partial charge is 0.338 e.